The summed E-state index contributed by atoms with van der Waals surface area (Å²) in [5, 5.41) is 8.44. The number of para-hydroxylation sites is 2. The van der Waals surface area contributed by atoms with Gasteiger partial charge in [-0.05, 0) is 36.4 Å². The molecule has 2 N–H and O–H groups in total. The monoisotopic (exact) mass is 489 g/mol. The maximum Gasteiger partial charge on any atom is 0.290 e. The average molecular weight is 490 g/mol. The van der Waals surface area contributed by atoms with E-state index in [1.54, 1.807) is 6.07 Å². The van der Waals surface area contributed by atoms with Gasteiger partial charge in [0.25, 0.3) is 11.8 Å². The molecule has 170 valence electrons. The van der Waals surface area contributed by atoms with Crippen molar-refractivity contribution in [3.63, 3.8) is 0 Å². The van der Waals surface area contributed by atoms with Crippen molar-refractivity contribution >= 4 is 54.9 Å². The maximum absolute atomic E-state index is 12.6. The van der Waals surface area contributed by atoms with Gasteiger partial charge >= 0.3 is 0 Å². The molecule has 3 heterocycles. The van der Waals surface area contributed by atoms with Crippen molar-refractivity contribution in [2.75, 3.05) is 0 Å². The fraction of sp³-hybridized carbons (Fsp3) is 0.0870. The van der Waals surface area contributed by atoms with Crippen molar-refractivity contribution in [3.05, 3.63) is 87.7 Å². The number of carbonyl (C=O) groups is 2. The van der Waals surface area contributed by atoms with Crippen LogP contribution >= 0.6 is 22.7 Å². The molecule has 0 saturated heterocycles. The number of thiazole rings is 2. The number of nitrogens with zero attached hydrogens (tertiary/aromatic N) is 5. The summed E-state index contributed by atoms with van der Waals surface area (Å²) < 4.78 is 5.91. The van der Waals surface area contributed by atoms with E-state index in [0.717, 1.165) is 20.4 Å². The Morgan fingerprint density at radius 3 is 1.59 bits per heavy atom. The second kappa shape index (κ2) is 9.04. The minimum atomic E-state index is -0.514. The molecule has 0 unspecified atom stereocenters. The Morgan fingerprint density at radius 2 is 1.15 bits per heavy atom. The molecule has 11 heteroatoms. The van der Waals surface area contributed by atoms with Gasteiger partial charge in [0.15, 0.2) is 0 Å². The van der Waals surface area contributed by atoms with Gasteiger partial charge in [-0.15, -0.1) is 10.2 Å². The molecule has 0 aliphatic rings. The zero-order chi connectivity index (χ0) is 23.7. The summed E-state index contributed by atoms with van der Waals surface area (Å²) in [4.78, 5) is 30.7. The number of aromatic nitrogens is 3. The number of aryl methyl sites for hydroxylation is 2. The molecule has 2 amide bonds. The predicted molar refractivity (Wildman–Crippen MR) is 132 cm³/mol. The van der Waals surface area contributed by atoms with Gasteiger partial charge < -0.3 is 9.13 Å². The second-order valence-electron chi connectivity index (χ2n) is 7.34. The van der Waals surface area contributed by atoms with Crippen LogP contribution in [0.5, 0.6) is 0 Å². The standard InChI is InChI=1S/C23H19N7O2S2/c1-29-16-10-3-5-12-18(16)33-22(29)27-25-20(31)14-8-7-9-15(24-14)21(32)26-28-23-30(2)17-11-4-6-13-19(17)34-23/h3-13H,1-2H3,(H,25,31)(H,26,32). The number of fused-ring (bicyclic) bond motifs is 2. The first kappa shape index (κ1) is 21.7. The summed E-state index contributed by atoms with van der Waals surface area (Å²) >= 11 is 2.92. The number of benzene rings is 2. The number of hydrogen-bond acceptors (Lipinski definition) is 7. The Kier molecular flexibility index (Phi) is 5.78. The number of hydrogen-bond donors (Lipinski definition) is 2. The van der Waals surface area contributed by atoms with Crippen LogP contribution in [-0.4, -0.2) is 25.9 Å². The Hall–Kier alpha value is -4.09. The van der Waals surface area contributed by atoms with Crippen LogP contribution in [0.3, 0.4) is 0 Å². The van der Waals surface area contributed by atoms with Crippen LogP contribution in [0.2, 0.25) is 0 Å². The second-order valence-corrected chi connectivity index (χ2v) is 9.35. The first-order valence-corrected chi connectivity index (χ1v) is 11.9. The first-order valence-electron chi connectivity index (χ1n) is 10.3. The molecule has 2 aromatic carbocycles. The number of pyridine rings is 1. The molecule has 0 spiro atoms. The largest absolute Gasteiger partial charge is 0.318 e. The summed E-state index contributed by atoms with van der Waals surface area (Å²) in [7, 11) is 3.76. The van der Waals surface area contributed by atoms with Gasteiger partial charge in [-0.3, -0.25) is 9.59 Å². The van der Waals surface area contributed by atoms with Gasteiger partial charge in [0.2, 0.25) is 9.60 Å². The van der Waals surface area contributed by atoms with E-state index in [0.29, 0.717) is 9.60 Å². The minimum Gasteiger partial charge on any atom is -0.318 e. The van der Waals surface area contributed by atoms with Gasteiger partial charge in [0, 0.05) is 14.1 Å². The van der Waals surface area contributed by atoms with Gasteiger partial charge in [-0.2, -0.15) is 0 Å². The summed E-state index contributed by atoms with van der Waals surface area (Å²) in [6.45, 7) is 0. The highest BCUT2D eigenvalue weighted by Crippen LogP contribution is 2.16. The highest BCUT2D eigenvalue weighted by molar-refractivity contribution is 7.16. The van der Waals surface area contributed by atoms with Crippen LogP contribution in [-0.2, 0) is 14.1 Å². The van der Waals surface area contributed by atoms with E-state index >= 15 is 0 Å². The third kappa shape index (κ3) is 4.14. The van der Waals surface area contributed by atoms with Gasteiger partial charge in [-0.1, -0.05) is 53.0 Å². The van der Waals surface area contributed by atoms with E-state index in [1.165, 1.54) is 34.8 Å². The van der Waals surface area contributed by atoms with E-state index in [-0.39, 0.29) is 11.4 Å². The molecule has 9 nitrogen and oxygen atoms in total. The molecule has 0 aliphatic carbocycles. The Labute approximate surface area is 201 Å². The highest BCUT2D eigenvalue weighted by Gasteiger charge is 2.12. The third-order valence-corrected chi connectivity index (χ3v) is 7.38. The smallest absolute Gasteiger partial charge is 0.290 e. The van der Waals surface area contributed by atoms with Gasteiger partial charge in [0.05, 0.1) is 20.4 Å². The quantitative estimate of drug-likeness (QED) is 0.379. The average Bonchev–Trinajstić information content (AvgIpc) is 3.37. The van der Waals surface area contributed by atoms with E-state index in [2.05, 4.69) is 26.0 Å². The summed E-state index contributed by atoms with van der Waals surface area (Å²) in [6.07, 6.45) is 0. The topological polar surface area (TPSA) is 106 Å². The Morgan fingerprint density at radius 1 is 0.706 bits per heavy atom. The number of amides is 2. The lowest BCUT2D eigenvalue weighted by Gasteiger charge is -2.02. The molecular weight excluding hydrogens is 470 g/mol. The van der Waals surface area contributed by atoms with Crippen LogP contribution in [0.25, 0.3) is 20.4 Å². The molecule has 0 atom stereocenters. The predicted octanol–water partition coefficient (Wildman–Crippen LogP) is 2.68. The van der Waals surface area contributed by atoms with Crippen molar-refractivity contribution in [2.24, 2.45) is 24.3 Å². The maximum atomic E-state index is 12.6. The van der Waals surface area contributed by atoms with Crippen molar-refractivity contribution in [1.82, 2.24) is 25.0 Å². The lowest BCUT2D eigenvalue weighted by Crippen LogP contribution is -2.26. The first-order chi connectivity index (χ1) is 16.5. The van der Waals surface area contributed by atoms with Crippen molar-refractivity contribution in [1.29, 1.82) is 0 Å². The van der Waals surface area contributed by atoms with Crippen LogP contribution in [0.15, 0.2) is 76.9 Å². The minimum absolute atomic E-state index is 0.0765. The van der Waals surface area contributed by atoms with E-state index in [4.69, 9.17) is 0 Å². The zero-order valence-corrected chi connectivity index (χ0v) is 19.9. The number of rotatable bonds is 4. The fourth-order valence-corrected chi connectivity index (χ4v) is 5.33. The molecule has 5 aromatic rings. The fourth-order valence-electron chi connectivity index (χ4n) is 3.38. The molecule has 0 saturated carbocycles. The SMILES string of the molecule is Cn1c(=NNC(=O)c2cccc(C(=O)NN=c3sc4ccccc4n3C)n2)sc2ccccc21. The summed E-state index contributed by atoms with van der Waals surface area (Å²) in [5.41, 5.74) is 7.24. The van der Waals surface area contributed by atoms with Crippen LogP contribution < -0.4 is 20.5 Å². The number of nitrogens with one attached hydrogen (secondary N) is 2. The van der Waals surface area contributed by atoms with Crippen molar-refractivity contribution in [2.45, 2.75) is 0 Å². The molecule has 3 aromatic heterocycles. The summed E-state index contributed by atoms with van der Waals surface area (Å²) in [6, 6.07) is 20.4. The Balaban J connectivity index is 1.34. The lowest BCUT2D eigenvalue weighted by atomic mass is 10.3. The summed E-state index contributed by atoms with van der Waals surface area (Å²) in [5.74, 6) is -1.03. The van der Waals surface area contributed by atoms with Gasteiger partial charge in [-0.25, -0.2) is 15.8 Å². The van der Waals surface area contributed by atoms with Crippen molar-refractivity contribution < 1.29 is 9.59 Å². The van der Waals surface area contributed by atoms with E-state index in [9.17, 15) is 9.59 Å². The molecule has 0 fully saturated rings. The Bertz CT molecular complexity index is 1570. The highest BCUT2D eigenvalue weighted by atomic mass is 32.1. The molecule has 0 bridgehead atoms. The lowest BCUT2D eigenvalue weighted by molar-refractivity contribution is 0.0943. The number of carbonyl (C=O) groups excluding carboxylic acids is 2. The molecular formula is C23H19N7O2S2. The van der Waals surface area contributed by atoms with Crippen LogP contribution in [0, 0.1) is 0 Å². The molecule has 0 radical (unpaired) electrons. The molecule has 34 heavy (non-hydrogen) atoms. The third-order valence-electron chi connectivity index (χ3n) is 5.15. The van der Waals surface area contributed by atoms with Crippen molar-refractivity contribution in [3.8, 4) is 0 Å². The molecule has 5 rings (SSSR count). The van der Waals surface area contributed by atoms with E-state index < -0.39 is 11.8 Å². The van der Waals surface area contributed by atoms with E-state index in [1.807, 2.05) is 71.8 Å². The zero-order valence-electron chi connectivity index (χ0n) is 18.2. The van der Waals surface area contributed by atoms with Gasteiger partial charge in [0.1, 0.15) is 11.4 Å². The molecule has 0 aliphatic heterocycles. The van der Waals surface area contributed by atoms with Crippen LogP contribution in [0.4, 0.5) is 0 Å². The van der Waals surface area contributed by atoms with Crippen LogP contribution in [0.1, 0.15) is 21.0 Å². The normalized spacial score (nSPS) is 12.4.